The predicted octanol–water partition coefficient (Wildman–Crippen LogP) is 1.29. The van der Waals surface area contributed by atoms with Gasteiger partial charge in [-0.3, -0.25) is 9.69 Å². The van der Waals surface area contributed by atoms with E-state index in [4.69, 9.17) is 9.26 Å². The number of nitrogens with zero attached hydrogens (tertiary/aromatic N) is 2. The zero-order valence-corrected chi connectivity index (χ0v) is 9.77. The largest absolute Gasteiger partial charge is 0.461 e. The summed E-state index contributed by atoms with van der Waals surface area (Å²) in [4.78, 5) is 13.0. The molecule has 0 bridgehead atoms. The summed E-state index contributed by atoms with van der Waals surface area (Å²) >= 11 is 0. The molecule has 1 aliphatic rings. The number of carbonyl (C=O) groups is 1. The van der Waals surface area contributed by atoms with Gasteiger partial charge in [-0.15, -0.1) is 0 Å². The highest BCUT2D eigenvalue weighted by Gasteiger charge is 2.34. The zero-order valence-electron chi connectivity index (χ0n) is 9.77. The Balaban J connectivity index is 2.05. The van der Waals surface area contributed by atoms with Crippen molar-refractivity contribution in [3.8, 4) is 0 Å². The number of aryl methyl sites for hydroxylation is 1. The number of aromatic nitrogens is 1. The molecule has 0 amide bonds. The summed E-state index contributed by atoms with van der Waals surface area (Å²) < 4.78 is 10.4. The van der Waals surface area contributed by atoms with E-state index in [1.807, 2.05) is 20.0 Å². The second-order valence-corrected chi connectivity index (χ2v) is 4.29. The van der Waals surface area contributed by atoms with Crippen LogP contribution in [0.25, 0.3) is 0 Å². The molecular weight excluding hydrogens is 208 g/mol. The minimum absolute atomic E-state index is 0.0436. The topological polar surface area (TPSA) is 55.6 Å². The molecule has 1 aromatic rings. The van der Waals surface area contributed by atoms with Gasteiger partial charge in [0.05, 0.1) is 11.7 Å². The third kappa shape index (κ3) is 2.24. The lowest BCUT2D eigenvalue weighted by Crippen LogP contribution is -2.21. The molecule has 1 saturated heterocycles. The molecule has 2 atom stereocenters. The van der Waals surface area contributed by atoms with E-state index in [9.17, 15) is 4.79 Å². The van der Waals surface area contributed by atoms with E-state index in [1.165, 1.54) is 6.92 Å². The highest BCUT2D eigenvalue weighted by molar-refractivity contribution is 5.66. The summed E-state index contributed by atoms with van der Waals surface area (Å²) in [6.07, 6.45) is 0.725. The fourth-order valence-electron chi connectivity index (χ4n) is 2.15. The molecule has 16 heavy (non-hydrogen) atoms. The van der Waals surface area contributed by atoms with Crippen LogP contribution in [0, 0.1) is 6.92 Å². The maximum absolute atomic E-state index is 10.9. The van der Waals surface area contributed by atoms with Crippen LogP contribution in [0.4, 0.5) is 0 Å². The van der Waals surface area contributed by atoms with E-state index in [0.29, 0.717) is 0 Å². The van der Waals surface area contributed by atoms with Gasteiger partial charge < -0.3 is 9.26 Å². The quantitative estimate of drug-likeness (QED) is 0.708. The monoisotopic (exact) mass is 224 g/mol. The number of carbonyl (C=O) groups excluding carboxylic acids is 1. The van der Waals surface area contributed by atoms with Crippen LogP contribution in [0.1, 0.15) is 30.8 Å². The molecule has 0 N–H and O–H groups in total. The van der Waals surface area contributed by atoms with Crippen molar-refractivity contribution < 1.29 is 14.1 Å². The molecule has 0 spiro atoms. The molecule has 1 aromatic heterocycles. The van der Waals surface area contributed by atoms with Gasteiger partial charge in [-0.05, 0) is 14.0 Å². The Labute approximate surface area is 94.3 Å². The first-order chi connectivity index (χ1) is 7.56. The smallest absolute Gasteiger partial charge is 0.302 e. The zero-order chi connectivity index (χ0) is 11.7. The molecule has 2 rings (SSSR count). The van der Waals surface area contributed by atoms with Crippen LogP contribution in [0.3, 0.4) is 0 Å². The van der Waals surface area contributed by atoms with Crippen molar-refractivity contribution in [2.24, 2.45) is 0 Å². The average Bonchev–Trinajstić information content (AvgIpc) is 2.72. The number of rotatable bonds is 2. The number of hydrogen-bond donors (Lipinski definition) is 0. The lowest BCUT2D eigenvalue weighted by molar-refractivity contribution is -0.145. The van der Waals surface area contributed by atoms with Crippen molar-refractivity contribution in [2.75, 3.05) is 13.6 Å². The standard InChI is InChI=1S/C11H16N2O3/c1-7-4-11(16-12-7)10-5-9(6-13(10)3)15-8(2)14/h4,9-10H,5-6H2,1-3H3/t9-,10+/m0/s1. The van der Waals surface area contributed by atoms with Gasteiger partial charge in [0, 0.05) is 26.0 Å². The first-order valence-electron chi connectivity index (χ1n) is 5.37. The third-order valence-corrected chi connectivity index (χ3v) is 2.82. The maximum atomic E-state index is 10.9. The Morgan fingerprint density at radius 3 is 3.00 bits per heavy atom. The van der Waals surface area contributed by atoms with Crippen LogP contribution in [0.15, 0.2) is 10.6 Å². The number of hydrogen-bond acceptors (Lipinski definition) is 5. The van der Waals surface area contributed by atoms with Crippen LogP contribution < -0.4 is 0 Å². The molecular formula is C11H16N2O3. The maximum Gasteiger partial charge on any atom is 0.302 e. The molecule has 0 aliphatic carbocycles. The van der Waals surface area contributed by atoms with E-state index in [1.54, 1.807) is 0 Å². The first kappa shape index (κ1) is 11.1. The highest BCUT2D eigenvalue weighted by atomic mass is 16.5. The minimum Gasteiger partial charge on any atom is -0.461 e. The molecule has 88 valence electrons. The number of ether oxygens (including phenoxy) is 1. The normalized spacial score (nSPS) is 25.9. The molecule has 5 heteroatoms. The number of likely N-dealkylation sites (tertiary alicyclic amines) is 1. The van der Waals surface area contributed by atoms with Crippen molar-refractivity contribution in [3.63, 3.8) is 0 Å². The summed E-state index contributed by atoms with van der Waals surface area (Å²) in [5, 5.41) is 3.87. The predicted molar refractivity (Wildman–Crippen MR) is 56.8 cm³/mol. The number of esters is 1. The second kappa shape index (κ2) is 4.25. The molecule has 1 aliphatic heterocycles. The van der Waals surface area contributed by atoms with Gasteiger partial charge in [0.25, 0.3) is 0 Å². The first-order valence-corrected chi connectivity index (χ1v) is 5.37. The Hall–Kier alpha value is -1.36. The minimum atomic E-state index is -0.229. The Kier molecular flexibility index (Phi) is 2.96. The second-order valence-electron chi connectivity index (χ2n) is 4.29. The van der Waals surface area contributed by atoms with E-state index in [-0.39, 0.29) is 18.1 Å². The van der Waals surface area contributed by atoms with E-state index in [0.717, 1.165) is 24.4 Å². The summed E-state index contributed by atoms with van der Waals surface area (Å²) in [6.45, 7) is 4.07. The van der Waals surface area contributed by atoms with Crippen LogP contribution >= 0.6 is 0 Å². The third-order valence-electron chi connectivity index (χ3n) is 2.82. The van der Waals surface area contributed by atoms with Crippen LogP contribution in [0.2, 0.25) is 0 Å². The van der Waals surface area contributed by atoms with Crippen molar-refractivity contribution in [3.05, 3.63) is 17.5 Å². The number of likely N-dealkylation sites (N-methyl/N-ethyl adjacent to an activating group) is 1. The summed E-state index contributed by atoms with van der Waals surface area (Å²) in [5.41, 5.74) is 0.874. The van der Waals surface area contributed by atoms with E-state index in [2.05, 4.69) is 10.1 Å². The van der Waals surface area contributed by atoms with E-state index >= 15 is 0 Å². The summed E-state index contributed by atoms with van der Waals surface area (Å²) in [6, 6.07) is 2.09. The molecule has 0 aromatic carbocycles. The molecule has 0 saturated carbocycles. The molecule has 0 radical (unpaired) electrons. The molecule has 0 unspecified atom stereocenters. The SMILES string of the molecule is CC(=O)O[C@H]1C[C@H](c2cc(C)no2)N(C)C1. The fraction of sp³-hybridized carbons (Fsp3) is 0.636. The van der Waals surface area contributed by atoms with Gasteiger partial charge in [-0.1, -0.05) is 5.16 Å². The Bertz CT molecular complexity index is 388. The van der Waals surface area contributed by atoms with Crippen molar-refractivity contribution in [1.29, 1.82) is 0 Å². The van der Waals surface area contributed by atoms with Crippen LogP contribution in [-0.2, 0) is 9.53 Å². The van der Waals surface area contributed by atoms with Gasteiger partial charge >= 0.3 is 5.97 Å². The molecule has 5 nitrogen and oxygen atoms in total. The van der Waals surface area contributed by atoms with Crippen LogP contribution in [0.5, 0.6) is 0 Å². The van der Waals surface area contributed by atoms with Gasteiger partial charge in [0.1, 0.15) is 6.10 Å². The molecule has 1 fully saturated rings. The fourth-order valence-corrected chi connectivity index (χ4v) is 2.15. The van der Waals surface area contributed by atoms with Crippen molar-refractivity contribution >= 4 is 5.97 Å². The summed E-state index contributed by atoms with van der Waals surface area (Å²) in [5.74, 6) is 0.613. The van der Waals surface area contributed by atoms with Crippen molar-refractivity contribution in [1.82, 2.24) is 10.1 Å². The van der Waals surface area contributed by atoms with Gasteiger partial charge in [-0.2, -0.15) is 0 Å². The van der Waals surface area contributed by atoms with Gasteiger partial charge in [0.15, 0.2) is 5.76 Å². The lowest BCUT2D eigenvalue weighted by Gasteiger charge is -2.14. The van der Waals surface area contributed by atoms with Gasteiger partial charge in [0.2, 0.25) is 0 Å². The van der Waals surface area contributed by atoms with Gasteiger partial charge in [-0.25, -0.2) is 0 Å². The summed E-state index contributed by atoms with van der Waals surface area (Å²) in [7, 11) is 1.99. The van der Waals surface area contributed by atoms with Crippen LogP contribution in [-0.4, -0.2) is 35.7 Å². The average molecular weight is 224 g/mol. The van der Waals surface area contributed by atoms with E-state index < -0.39 is 0 Å². The highest BCUT2D eigenvalue weighted by Crippen LogP contribution is 2.32. The Morgan fingerprint density at radius 1 is 1.69 bits per heavy atom. The molecule has 2 heterocycles. The van der Waals surface area contributed by atoms with Crippen molar-refractivity contribution in [2.45, 2.75) is 32.4 Å². The lowest BCUT2D eigenvalue weighted by atomic mass is 10.1. The Morgan fingerprint density at radius 2 is 2.44 bits per heavy atom.